The summed E-state index contributed by atoms with van der Waals surface area (Å²) in [5.41, 5.74) is 2.56. The normalized spacial score (nSPS) is 28.0. The van der Waals surface area contributed by atoms with Gasteiger partial charge in [0, 0.05) is 37.6 Å². The van der Waals surface area contributed by atoms with Gasteiger partial charge in [0.1, 0.15) is 0 Å². The van der Waals surface area contributed by atoms with Crippen LogP contribution in [0.5, 0.6) is 0 Å². The Morgan fingerprint density at radius 1 is 1.06 bits per heavy atom. The first-order valence-corrected chi connectivity index (χ1v) is 12.8. The Labute approximate surface area is 198 Å². The lowest BCUT2D eigenvalue weighted by Gasteiger charge is -2.52. The van der Waals surface area contributed by atoms with E-state index in [0.29, 0.717) is 12.5 Å². The first-order valence-electron chi connectivity index (χ1n) is 12.8. The number of benzene rings is 1. The van der Waals surface area contributed by atoms with E-state index in [1.165, 1.54) is 24.8 Å². The third-order valence-electron chi connectivity index (χ3n) is 8.84. The van der Waals surface area contributed by atoms with Crippen molar-refractivity contribution >= 4 is 6.03 Å². The summed E-state index contributed by atoms with van der Waals surface area (Å²) in [7, 11) is 2.27. The molecular weight excluding hydrogens is 408 g/mol. The summed E-state index contributed by atoms with van der Waals surface area (Å²) in [6.45, 7) is 5.72. The lowest BCUT2D eigenvalue weighted by Crippen LogP contribution is -2.57. The number of rotatable bonds is 7. The Hall–Kier alpha value is -2.40. The van der Waals surface area contributed by atoms with E-state index in [1.54, 1.807) is 6.20 Å². The predicted octanol–water partition coefficient (Wildman–Crippen LogP) is 5.28. The number of carbonyl (C=O) groups excluding carboxylic acids is 1. The average molecular weight is 447 g/mol. The lowest BCUT2D eigenvalue weighted by molar-refractivity contribution is 0.00698. The quantitative estimate of drug-likeness (QED) is 0.581. The van der Waals surface area contributed by atoms with E-state index in [-0.39, 0.29) is 17.1 Å². The zero-order chi connectivity index (χ0) is 22.9. The fourth-order valence-corrected chi connectivity index (χ4v) is 6.42. The van der Waals surface area contributed by atoms with Gasteiger partial charge in [0.15, 0.2) is 0 Å². The number of carbonyl (C=O) groups is 1. The van der Waals surface area contributed by atoms with Crippen LogP contribution in [0.4, 0.5) is 4.79 Å². The molecule has 2 heterocycles. The number of nitrogens with zero attached hydrogens (tertiary/aromatic N) is 4. The molecule has 2 aliphatic carbocycles. The molecule has 2 amide bonds. The maximum Gasteiger partial charge on any atom is 0.320 e. The number of hydrogen-bond acceptors (Lipinski definition) is 3. The standard InChI is InChI=1S/C28H38N4O/c1-3-30(2)28(25-12-5-4-6-13-25)16-14-27(15-17-28)22-31(20-24-11-8-18-29-19-24)26(33)32(27)21-23-9-7-10-23/h4-6,8,11-13,18-19,23H,3,7,9-10,14-17,20-22H2,1-2H3. The van der Waals surface area contributed by atoms with Crippen molar-refractivity contribution in [1.29, 1.82) is 0 Å². The molecule has 0 radical (unpaired) electrons. The molecule has 2 saturated carbocycles. The van der Waals surface area contributed by atoms with Crippen LogP contribution in [0.1, 0.15) is 63.0 Å². The highest BCUT2D eigenvalue weighted by Crippen LogP contribution is 2.50. The second-order valence-corrected chi connectivity index (χ2v) is 10.5. The number of aromatic nitrogens is 1. The molecule has 1 aliphatic heterocycles. The van der Waals surface area contributed by atoms with Gasteiger partial charge >= 0.3 is 6.03 Å². The van der Waals surface area contributed by atoms with Gasteiger partial charge < -0.3 is 9.80 Å². The first kappa shape index (κ1) is 22.4. The summed E-state index contributed by atoms with van der Waals surface area (Å²) in [6, 6.07) is 15.3. The molecule has 3 fully saturated rings. The van der Waals surface area contributed by atoms with Crippen molar-refractivity contribution in [3.8, 4) is 0 Å². The topological polar surface area (TPSA) is 39.7 Å². The number of pyridine rings is 1. The van der Waals surface area contributed by atoms with Gasteiger partial charge in [0.05, 0.1) is 5.54 Å². The molecule has 5 rings (SSSR count). The largest absolute Gasteiger partial charge is 0.320 e. The number of hydrogen-bond donors (Lipinski definition) is 0. The van der Waals surface area contributed by atoms with E-state index in [9.17, 15) is 4.79 Å². The lowest BCUT2D eigenvalue weighted by atomic mass is 9.68. The highest BCUT2D eigenvalue weighted by atomic mass is 16.2. The van der Waals surface area contributed by atoms with E-state index in [1.807, 2.05) is 12.3 Å². The summed E-state index contributed by atoms with van der Waals surface area (Å²) in [4.78, 5) is 24.9. The predicted molar refractivity (Wildman–Crippen MR) is 132 cm³/mol. The molecule has 1 aromatic carbocycles. The van der Waals surface area contributed by atoms with E-state index in [4.69, 9.17) is 0 Å². The smallest absolute Gasteiger partial charge is 0.318 e. The number of amides is 2. The molecule has 0 atom stereocenters. The summed E-state index contributed by atoms with van der Waals surface area (Å²) >= 11 is 0. The monoisotopic (exact) mass is 446 g/mol. The van der Waals surface area contributed by atoms with Gasteiger partial charge in [0.2, 0.25) is 0 Å². The van der Waals surface area contributed by atoms with Gasteiger partial charge in [-0.25, -0.2) is 4.79 Å². The number of urea groups is 1. The molecule has 1 saturated heterocycles. The van der Waals surface area contributed by atoms with Gasteiger partial charge in [-0.15, -0.1) is 0 Å². The second-order valence-electron chi connectivity index (χ2n) is 10.5. The third-order valence-corrected chi connectivity index (χ3v) is 8.84. The van der Waals surface area contributed by atoms with Crippen LogP contribution >= 0.6 is 0 Å². The van der Waals surface area contributed by atoms with Gasteiger partial charge in [-0.1, -0.05) is 49.7 Å². The van der Waals surface area contributed by atoms with Crippen LogP contribution in [0.25, 0.3) is 0 Å². The Morgan fingerprint density at radius 2 is 1.82 bits per heavy atom. The van der Waals surface area contributed by atoms with Crippen LogP contribution in [0.2, 0.25) is 0 Å². The minimum atomic E-state index is -0.0399. The Balaban J connectivity index is 1.41. The fraction of sp³-hybridized carbons (Fsp3) is 0.571. The molecule has 0 bridgehead atoms. The summed E-state index contributed by atoms with van der Waals surface area (Å²) in [6.07, 6.45) is 11.9. The van der Waals surface area contributed by atoms with Gasteiger partial charge in [-0.05, 0) is 75.2 Å². The van der Waals surface area contributed by atoms with E-state index in [0.717, 1.165) is 50.9 Å². The van der Waals surface area contributed by atoms with Crippen LogP contribution in [-0.2, 0) is 12.1 Å². The Bertz CT molecular complexity index is 935. The third kappa shape index (κ3) is 4.05. The van der Waals surface area contributed by atoms with E-state index in [2.05, 4.69) is 70.1 Å². The van der Waals surface area contributed by atoms with Crippen LogP contribution < -0.4 is 0 Å². The van der Waals surface area contributed by atoms with Crippen LogP contribution in [0.15, 0.2) is 54.9 Å². The van der Waals surface area contributed by atoms with Gasteiger partial charge in [0.25, 0.3) is 0 Å². The van der Waals surface area contributed by atoms with Crippen molar-refractivity contribution in [1.82, 2.24) is 19.7 Å². The van der Waals surface area contributed by atoms with Crippen molar-refractivity contribution in [2.75, 3.05) is 26.7 Å². The van der Waals surface area contributed by atoms with Crippen molar-refractivity contribution in [2.45, 2.75) is 69.5 Å². The molecule has 0 unspecified atom stereocenters. The average Bonchev–Trinajstić information content (AvgIpc) is 3.07. The van der Waals surface area contributed by atoms with Crippen LogP contribution in [0, 0.1) is 5.92 Å². The van der Waals surface area contributed by atoms with Crippen molar-refractivity contribution in [2.24, 2.45) is 5.92 Å². The summed E-state index contributed by atoms with van der Waals surface area (Å²) < 4.78 is 0. The minimum Gasteiger partial charge on any atom is -0.318 e. The first-order chi connectivity index (χ1) is 16.1. The highest BCUT2D eigenvalue weighted by molar-refractivity contribution is 5.78. The maximum atomic E-state index is 13.7. The van der Waals surface area contributed by atoms with Crippen molar-refractivity contribution in [3.05, 3.63) is 66.0 Å². The molecule has 1 spiro atoms. The Kier molecular flexibility index (Phi) is 6.17. The van der Waals surface area contributed by atoms with Crippen LogP contribution in [0.3, 0.4) is 0 Å². The molecule has 33 heavy (non-hydrogen) atoms. The van der Waals surface area contributed by atoms with Crippen LogP contribution in [-0.4, -0.2) is 57.9 Å². The Morgan fingerprint density at radius 3 is 2.42 bits per heavy atom. The SMILES string of the molecule is CCN(C)C1(c2ccccc2)CCC2(CC1)CN(Cc1cccnc1)C(=O)N2CC1CCC1. The molecule has 3 aliphatic rings. The maximum absolute atomic E-state index is 13.7. The van der Waals surface area contributed by atoms with Gasteiger partial charge in [-0.2, -0.15) is 0 Å². The van der Waals surface area contributed by atoms with E-state index >= 15 is 0 Å². The molecular formula is C28H38N4O. The highest BCUT2D eigenvalue weighted by Gasteiger charge is 2.55. The minimum absolute atomic E-state index is 0.0399. The van der Waals surface area contributed by atoms with E-state index < -0.39 is 0 Å². The van der Waals surface area contributed by atoms with Crippen molar-refractivity contribution < 1.29 is 4.79 Å². The van der Waals surface area contributed by atoms with Crippen molar-refractivity contribution in [3.63, 3.8) is 0 Å². The molecule has 1 aromatic heterocycles. The van der Waals surface area contributed by atoms with Gasteiger partial charge in [-0.3, -0.25) is 9.88 Å². The second kappa shape index (κ2) is 9.09. The molecule has 0 N–H and O–H groups in total. The molecule has 176 valence electrons. The zero-order valence-corrected chi connectivity index (χ0v) is 20.2. The zero-order valence-electron chi connectivity index (χ0n) is 20.2. The molecule has 5 heteroatoms. The fourth-order valence-electron chi connectivity index (χ4n) is 6.42. The molecule has 2 aromatic rings. The summed E-state index contributed by atoms with van der Waals surface area (Å²) in [5.74, 6) is 0.684. The molecule has 5 nitrogen and oxygen atoms in total. The summed E-state index contributed by atoms with van der Waals surface area (Å²) in [5, 5.41) is 0.